The average Bonchev–Trinajstić information content (AvgIpc) is 3.28. The van der Waals surface area contributed by atoms with Gasteiger partial charge in [-0.3, -0.25) is 19.1 Å². The Morgan fingerprint density at radius 2 is 2.03 bits per heavy atom. The third-order valence-electron chi connectivity index (χ3n) is 4.82. The maximum Gasteiger partial charge on any atom is 0.335 e. The summed E-state index contributed by atoms with van der Waals surface area (Å²) in [5.41, 5.74) is 5.29. The van der Waals surface area contributed by atoms with Gasteiger partial charge in [-0.1, -0.05) is 30.3 Å². The molecule has 1 atom stereocenters. The quantitative estimate of drug-likeness (QED) is 0.617. The number of H-pyrrole nitrogens is 1. The van der Waals surface area contributed by atoms with Crippen LogP contribution in [0.5, 0.6) is 0 Å². The van der Waals surface area contributed by atoms with Crippen molar-refractivity contribution < 1.29 is 19.1 Å². The Labute approximate surface area is 172 Å². The molecule has 0 spiro atoms. The van der Waals surface area contributed by atoms with E-state index in [9.17, 15) is 19.2 Å². The summed E-state index contributed by atoms with van der Waals surface area (Å²) in [7, 11) is 0. The SMILES string of the molecule is CCN(C(=O)COC(=O)[C@@H]1CCCO1)c1c(N)n(Cc2ccccc2)c(=O)[nH]c1=O. The fourth-order valence-corrected chi connectivity index (χ4v) is 3.29. The molecule has 1 saturated heterocycles. The van der Waals surface area contributed by atoms with Crippen molar-refractivity contribution in [3.05, 3.63) is 56.7 Å². The van der Waals surface area contributed by atoms with E-state index in [2.05, 4.69) is 4.98 Å². The van der Waals surface area contributed by atoms with Gasteiger partial charge in [-0.25, -0.2) is 9.59 Å². The molecule has 0 radical (unpaired) electrons. The van der Waals surface area contributed by atoms with Crippen LogP contribution >= 0.6 is 0 Å². The Hall–Kier alpha value is -3.40. The van der Waals surface area contributed by atoms with Gasteiger partial charge in [0.1, 0.15) is 5.82 Å². The van der Waals surface area contributed by atoms with Crippen LogP contribution in [-0.4, -0.2) is 47.3 Å². The lowest BCUT2D eigenvalue weighted by atomic mass is 10.2. The lowest BCUT2D eigenvalue weighted by molar-refractivity contribution is -0.157. The lowest BCUT2D eigenvalue weighted by Gasteiger charge is -2.23. The molecule has 10 nitrogen and oxygen atoms in total. The Bertz CT molecular complexity index is 1020. The molecule has 30 heavy (non-hydrogen) atoms. The van der Waals surface area contributed by atoms with Crippen LogP contribution in [0.4, 0.5) is 11.5 Å². The van der Waals surface area contributed by atoms with E-state index in [0.717, 1.165) is 16.9 Å². The van der Waals surface area contributed by atoms with Gasteiger partial charge < -0.3 is 20.1 Å². The molecule has 1 aromatic heterocycles. The number of hydrogen-bond donors (Lipinski definition) is 2. The summed E-state index contributed by atoms with van der Waals surface area (Å²) in [6.07, 6.45) is 0.625. The molecule has 3 N–H and O–H groups in total. The number of hydrogen-bond acceptors (Lipinski definition) is 7. The van der Waals surface area contributed by atoms with Crippen LogP contribution in [0.1, 0.15) is 25.3 Å². The normalized spacial score (nSPS) is 15.7. The number of likely N-dealkylation sites (N-methyl/N-ethyl adjacent to an activating group) is 1. The van der Waals surface area contributed by atoms with Gasteiger partial charge in [0.25, 0.3) is 11.5 Å². The molecule has 1 fully saturated rings. The van der Waals surface area contributed by atoms with Gasteiger partial charge in [0, 0.05) is 13.2 Å². The maximum absolute atomic E-state index is 12.7. The molecule has 1 amide bonds. The molecule has 1 aliphatic rings. The predicted octanol–water partition coefficient (Wildman–Crippen LogP) is 0.242. The minimum atomic E-state index is -0.789. The van der Waals surface area contributed by atoms with Gasteiger partial charge >= 0.3 is 11.7 Å². The molecule has 0 aliphatic carbocycles. The zero-order valence-corrected chi connectivity index (χ0v) is 16.6. The smallest absolute Gasteiger partial charge is 0.335 e. The summed E-state index contributed by atoms with van der Waals surface area (Å²) in [6, 6.07) is 9.08. The van der Waals surface area contributed by atoms with Crippen molar-refractivity contribution in [3.63, 3.8) is 0 Å². The molecule has 2 heterocycles. The van der Waals surface area contributed by atoms with Crippen LogP contribution in [0.25, 0.3) is 0 Å². The number of aromatic nitrogens is 2. The molecule has 1 aliphatic heterocycles. The van der Waals surface area contributed by atoms with Gasteiger partial charge in [0.05, 0.1) is 6.54 Å². The molecular weight excluding hydrogens is 392 g/mol. The second kappa shape index (κ2) is 9.40. The summed E-state index contributed by atoms with van der Waals surface area (Å²) in [4.78, 5) is 52.7. The lowest BCUT2D eigenvalue weighted by Crippen LogP contribution is -2.43. The van der Waals surface area contributed by atoms with Crippen LogP contribution in [0.15, 0.2) is 39.9 Å². The zero-order chi connectivity index (χ0) is 21.7. The number of aromatic amines is 1. The molecule has 0 saturated carbocycles. The Morgan fingerprint density at radius 3 is 2.67 bits per heavy atom. The molecule has 0 bridgehead atoms. The van der Waals surface area contributed by atoms with Crippen molar-refractivity contribution in [1.82, 2.24) is 9.55 Å². The second-order valence-electron chi connectivity index (χ2n) is 6.81. The first-order valence-corrected chi connectivity index (χ1v) is 9.67. The number of benzene rings is 1. The number of esters is 1. The predicted molar refractivity (Wildman–Crippen MR) is 109 cm³/mol. The van der Waals surface area contributed by atoms with Gasteiger partial charge in [0.15, 0.2) is 18.4 Å². The molecule has 2 aromatic rings. The van der Waals surface area contributed by atoms with E-state index in [0.29, 0.717) is 13.0 Å². The molecule has 160 valence electrons. The van der Waals surface area contributed by atoms with Crippen LogP contribution in [0, 0.1) is 0 Å². The number of amides is 1. The third-order valence-corrected chi connectivity index (χ3v) is 4.82. The number of nitrogens with two attached hydrogens (primary N) is 1. The van der Waals surface area contributed by atoms with Crippen molar-refractivity contribution in [2.45, 2.75) is 32.4 Å². The highest BCUT2D eigenvalue weighted by molar-refractivity contribution is 5.97. The van der Waals surface area contributed by atoms with Gasteiger partial charge in [-0.2, -0.15) is 0 Å². The number of nitrogen functional groups attached to an aromatic ring is 1. The highest BCUT2D eigenvalue weighted by atomic mass is 16.6. The van der Waals surface area contributed by atoms with E-state index in [1.807, 2.05) is 30.3 Å². The monoisotopic (exact) mass is 416 g/mol. The molecule has 3 rings (SSSR count). The third kappa shape index (κ3) is 4.60. The highest BCUT2D eigenvalue weighted by Crippen LogP contribution is 2.18. The Kier molecular flexibility index (Phi) is 6.68. The summed E-state index contributed by atoms with van der Waals surface area (Å²) >= 11 is 0. The summed E-state index contributed by atoms with van der Waals surface area (Å²) < 4.78 is 11.5. The first-order chi connectivity index (χ1) is 14.4. The van der Waals surface area contributed by atoms with Gasteiger partial charge in [-0.05, 0) is 25.3 Å². The summed E-state index contributed by atoms with van der Waals surface area (Å²) in [6.45, 7) is 1.76. The average molecular weight is 416 g/mol. The van der Waals surface area contributed by atoms with Gasteiger partial charge in [-0.15, -0.1) is 0 Å². The fourth-order valence-electron chi connectivity index (χ4n) is 3.29. The first-order valence-electron chi connectivity index (χ1n) is 9.67. The van der Waals surface area contributed by atoms with Crippen molar-refractivity contribution >= 4 is 23.4 Å². The van der Waals surface area contributed by atoms with Crippen molar-refractivity contribution in [3.8, 4) is 0 Å². The highest BCUT2D eigenvalue weighted by Gasteiger charge is 2.28. The number of rotatable bonds is 7. The number of anilines is 2. The van der Waals surface area contributed by atoms with E-state index in [4.69, 9.17) is 15.2 Å². The zero-order valence-electron chi connectivity index (χ0n) is 16.6. The Balaban J connectivity index is 1.83. The van der Waals surface area contributed by atoms with Crippen molar-refractivity contribution in [1.29, 1.82) is 0 Å². The van der Waals surface area contributed by atoms with Crippen LogP contribution in [0.3, 0.4) is 0 Å². The minimum Gasteiger partial charge on any atom is -0.454 e. The molecule has 1 aromatic carbocycles. The molecular formula is C20H24N4O6. The minimum absolute atomic E-state index is 0.0904. The van der Waals surface area contributed by atoms with Gasteiger partial charge in [0.2, 0.25) is 0 Å². The molecule has 10 heteroatoms. The topological polar surface area (TPSA) is 137 Å². The van der Waals surface area contributed by atoms with Crippen LogP contribution in [-0.2, 0) is 25.6 Å². The first kappa shape index (κ1) is 21.3. The Morgan fingerprint density at radius 1 is 1.30 bits per heavy atom. The fraction of sp³-hybridized carbons (Fsp3) is 0.400. The number of ether oxygens (including phenoxy) is 2. The van der Waals surface area contributed by atoms with Crippen molar-refractivity contribution in [2.75, 3.05) is 30.4 Å². The van der Waals surface area contributed by atoms with Crippen LogP contribution in [0.2, 0.25) is 0 Å². The largest absolute Gasteiger partial charge is 0.454 e. The van der Waals surface area contributed by atoms with E-state index in [-0.39, 0.29) is 24.6 Å². The summed E-state index contributed by atoms with van der Waals surface area (Å²) in [5, 5.41) is 0. The number of carbonyl (C=O) groups excluding carboxylic acids is 2. The molecule has 0 unspecified atom stereocenters. The van der Waals surface area contributed by atoms with Crippen molar-refractivity contribution in [2.24, 2.45) is 0 Å². The maximum atomic E-state index is 12.7. The number of nitrogens with zero attached hydrogens (tertiary/aromatic N) is 2. The number of carbonyl (C=O) groups is 2. The van der Waals surface area contributed by atoms with Crippen LogP contribution < -0.4 is 21.9 Å². The van der Waals surface area contributed by atoms with E-state index in [1.165, 1.54) is 4.57 Å². The van der Waals surface area contributed by atoms with E-state index < -0.39 is 35.8 Å². The standard InChI is InChI=1S/C20H24N4O6/c1-2-23(15(25)12-30-19(27)14-9-6-10-29-14)16-17(21)24(20(28)22-18(16)26)11-13-7-4-3-5-8-13/h3-5,7-8,14H,2,6,9-12,21H2,1H3,(H,22,26,28)/t14-/m0/s1. The second-order valence-corrected chi connectivity index (χ2v) is 6.81. The number of nitrogens with one attached hydrogen (secondary N) is 1. The summed E-state index contributed by atoms with van der Waals surface area (Å²) in [5.74, 6) is -1.40. The van der Waals surface area contributed by atoms with E-state index >= 15 is 0 Å². The van der Waals surface area contributed by atoms with E-state index in [1.54, 1.807) is 6.92 Å².